The molecule has 0 bridgehead atoms. The van der Waals surface area contributed by atoms with Crippen LogP contribution in [0.25, 0.3) is 11.1 Å². The molecule has 5 nitrogen and oxygen atoms in total. The van der Waals surface area contributed by atoms with E-state index in [-0.39, 0.29) is 11.5 Å². The molecular weight excluding hydrogens is 362 g/mol. The Labute approximate surface area is 162 Å². The number of hydrogen-bond donors (Lipinski definition) is 2. The van der Waals surface area contributed by atoms with Gasteiger partial charge in [0.2, 0.25) is 5.91 Å². The summed E-state index contributed by atoms with van der Waals surface area (Å²) < 4.78 is 27.3. The molecule has 0 saturated heterocycles. The Hall–Kier alpha value is -3.22. The Balaban J connectivity index is 1.87. The molecule has 0 aromatic heterocycles. The van der Waals surface area contributed by atoms with Crippen LogP contribution < -0.4 is 11.1 Å². The number of benzene rings is 2. The minimum absolute atomic E-state index is 0.0121. The van der Waals surface area contributed by atoms with Crippen LogP contribution >= 0.6 is 0 Å². The zero-order valence-electron chi connectivity index (χ0n) is 15.8. The summed E-state index contributed by atoms with van der Waals surface area (Å²) in [6.45, 7) is 2.56. The highest BCUT2D eigenvalue weighted by atomic mass is 19.1. The first-order chi connectivity index (χ1) is 13.4. The predicted octanol–water partition coefficient (Wildman–Crippen LogP) is 3.35. The zero-order chi connectivity index (χ0) is 20.3. The third kappa shape index (κ3) is 4.19. The fraction of sp³-hybridized carbons (Fsp3) is 0.238. The average Bonchev–Trinajstić information content (AvgIpc) is 2.69. The van der Waals surface area contributed by atoms with Crippen LogP contribution in [0, 0.1) is 11.6 Å². The molecule has 1 heterocycles. The first-order valence-corrected chi connectivity index (χ1v) is 8.94. The highest BCUT2D eigenvalue weighted by molar-refractivity contribution is 6.00. The third-order valence-electron chi connectivity index (χ3n) is 4.76. The number of halogens is 2. The third-order valence-corrected chi connectivity index (χ3v) is 4.76. The maximum absolute atomic E-state index is 13.9. The summed E-state index contributed by atoms with van der Waals surface area (Å²) in [5, 5.41) is 3.13. The summed E-state index contributed by atoms with van der Waals surface area (Å²) in [6.07, 6.45) is 0.680. The van der Waals surface area contributed by atoms with E-state index in [0.717, 1.165) is 29.5 Å². The number of nitrogens with zero attached hydrogens (tertiary/aromatic N) is 2. The molecule has 0 atom stereocenters. The molecule has 0 radical (unpaired) electrons. The van der Waals surface area contributed by atoms with Crippen LogP contribution in [0.15, 0.2) is 58.7 Å². The molecule has 2 aromatic rings. The summed E-state index contributed by atoms with van der Waals surface area (Å²) in [5.74, 6) is -0.684. The molecule has 1 amide bonds. The van der Waals surface area contributed by atoms with Gasteiger partial charge < -0.3 is 16.0 Å². The van der Waals surface area contributed by atoms with E-state index in [0.29, 0.717) is 36.6 Å². The SMILES string of the molecule is CNC1=C(C(N)=Nc2ccc(-c3cc(F)ccc3F)cc2)CN(C(C)=O)CC1. The first kappa shape index (κ1) is 19.5. The molecule has 1 aliphatic rings. The number of amidine groups is 1. The van der Waals surface area contributed by atoms with Gasteiger partial charge in [-0.15, -0.1) is 0 Å². The fourth-order valence-electron chi connectivity index (χ4n) is 3.18. The van der Waals surface area contributed by atoms with E-state index in [1.54, 1.807) is 29.2 Å². The zero-order valence-corrected chi connectivity index (χ0v) is 15.8. The van der Waals surface area contributed by atoms with Crippen molar-refractivity contribution in [2.45, 2.75) is 13.3 Å². The molecule has 3 N–H and O–H groups in total. The van der Waals surface area contributed by atoms with Crippen molar-refractivity contribution < 1.29 is 13.6 Å². The number of rotatable bonds is 4. The molecule has 0 spiro atoms. The molecule has 3 rings (SSSR count). The number of nitrogens with one attached hydrogen (secondary N) is 1. The van der Waals surface area contributed by atoms with Crippen LogP contribution in [0.5, 0.6) is 0 Å². The van der Waals surface area contributed by atoms with Gasteiger partial charge in [-0.1, -0.05) is 12.1 Å². The van der Waals surface area contributed by atoms with Crippen LogP contribution in [0.1, 0.15) is 13.3 Å². The maximum atomic E-state index is 13.9. The molecule has 0 aliphatic carbocycles. The Kier molecular flexibility index (Phi) is 5.73. The molecule has 0 fully saturated rings. The van der Waals surface area contributed by atoms with Gasteiger partial charge in [0, 0.05) is 43.8 Å². The smallest absolute Gasteiger partial charge is 0.219 e. The van der Waals surface area contributed by atoms with Crippen molar-refractivity contribution in [1.82, 2.24) is 10.2 Å². The summed E-state index contributed by atoms with van der Waals surface area (Å²) in [7, 11) is 1.81. The van der Waals surface area contributed by atoms with Gasteiger partial charge in [0.15, 0.2) is 0 Å². The largest absolute Gasteiger partial charge is 0.391 e. The van der Waals surface area contributed by atoms with Crippen molar-refractivity contribution >= 4 is 17.4 Å². The molecule has 146 valence electrons. The predicted molar refractivity (Wildman–Crippen MR) is 106 cm³/mol. The van der Waals surface area contributed by atoms with Crippen LogP contribution in [-0.4, -0.2) is 36.8 Å². The average molecular weight is 384 g/mol. The first-order valence-electron chi connectivity index (χ1n) is 8.94. The summed E-state index contributed by atoms with van der Waals surface area (Å²) in [5.41, 5.74) is 9.26. The fourth-order valence-corrected chi connectivity index (χ4v) is 3.18. The van der Waals surface area contributed by atoms with Gasteiger partial charge in [0.25, 0.3) is 0 Å². The Bertz CT molecular complexity index is 951. The van der Waals surface area contributed by atoms with E-state index in [9.17, 15) is 13.6 Å². The lowest BCUT2D eigenvalue weighted by molar-refractivity contribution is -0.128. The van der Waals surface area contributed by atoms with Gasteiger partial charge in [-0.05, 0) is 35.9 Å². The van der Waals surface area contributed by atoms with Gasteiger partial charge in [-0.2, -0.15) is 0 Å². The highest BCUT2D eigenvalue weighted by Gasteiger charge is 2.22. The van der Waals surface area contributed by atoms with Crippen LogP contribution in [0.3, 0.4) is 0 Å². The Morgan fingerprint density at radius 1 is 1.18 bits per heavy atom. The van der Waals surface area contributed by atoms with E-state index in [1.165, 1.54) is 6.92 Å². The molecule has 0 unspecified atom stereocenters. The van der Waals surface area contributed by atoms with Crippen molar-refractivity contribution in [3.63, 3.8) is 0 Å². The normalized spacial score (nSPS) is 15.0. The monoisotopic (exact) mass is 384 g/mol. The lowest BCUT2D eigenvalue weighted by atomic mass is 10.0. The molecule has 7 heteroatoms. The second-order valence-corrected chi connectivity index (χ2v) is 6.57. The number of aliphatic imine (C=N–C) groups is 1. The van der Waals surface area contributed by atoms with Crippen LogP contribution in [-0.2, 0) is 4.79 Å². The summed E-state index contributed by atoms with van der Waals surface area (Å²) in [4.78, 5) is 17.8. The van der Waals surface area contributed by atoms with Crippen molar-refractivity contribution in [3.8, 4) is 11.1 Å². The van der Waals surface area contributed by atoms with Gasteiger partial charge in [-0.25, -0.2) is 13.8 Å². The lowest BCUT2D eigenvalue weighted by Crippen LogP contribution is -2.40. The van der Waals surface area contributed by atoms with Crippen LogP contribution in [0.2, 0.25) is 0 Å². The van der Waals surface area contributed by atoms with Crippen molar-refractivity contribution in [2.24, 2.45) is 10.7 Å². The molecule has 1 aliphatic heterocycles. The topological polar surface area (TPSA) is 70.7 Å². The lowest BCUT2D eigenvalue weighted by Gasteiger charge is -2.29. The number of amides is 1. The Morgan fingerprint density at radius 3 is 2.54 bits per heavy atom. The van der Waals surface area contributed by atoms with Crippen molar-refractivity contribution in [3.05, 3.63) is 65.4 Å². The minimum Gasteiger partial charge on any atom is -0.391 e. The quantitative estimate of drug-likeness (QED) is 0.627. The van der Waals surface area contributed by atoms with Gasteiger partial charge in [0.05, 0.1) is 12.2 Å². The van der Waals surface area contributed by atoms with E-state index < -0.39 is 11.6 Å². The van der Waals surface area contributed by atoms with E-state index in [4.69, 9.17) is 5.73 Å². The van der Waals surface area contributed by atoms with E-state index in [1.807, 2.05) is 7.05 Å². The standard InChI is InChI=1S/C21H22F2N4O/c1-13(28)27-10-9-20(25-2)18(12-27)21(24)26-16-6-3-14(4-7-16)17-11-15(22)5-8-19(17)23/h3-8,11,25H,9-10,12H2,1-2H3,(H2,24,26). The van der Waals surface area contributed by atoms with Crippen molar-refractivity contribution in [1.29, 1.82) is 0 Å². The maximum Gasteiger partial charge on any atom is 0.219 e. The van der Waals surface area contributed by atoms with Gasteiger partial charge in [0.1, 0.15) is 17.5 Å². The Morgan fingerprint density at radius 2 is 1.89 bits per heavy atom. The minimum atomic E-state index is -0.499. The molecule has 0 saturated carbocycles. The summed E-state index contributed by atoms with van der Waals surface area (Å²) in [6, 6.07) is 10.1. The summed E-state index contributed by atoms with van der Waals surface area (Å²) >= 11 is 0. The second kappa shape index (κ2) is 8.21. The molecule has 2 aromatic carbocycles. The van der Waals surface area contributed by atoms with E-state index in [2.05, 4.69) is 10.3 Å². The number of hydrogen-bond acceptors (Lipinski definition) is 3. The van der Waals surface area contributed by atoms with Crippen LogP contribution in [0.4, 0.5) is 14.5 Å². The van der Waals surface area contributed by atoms with Gasteiger partial charge >= 0.3 is 0 Å². The van der Waals surface area contributed by atoms with E-state index >= 15 is 0 Å². The van der Waals surface area contributed by atoms with Gasteiger partial charge in [-0.3, -0.25) is 4.79 Å². The van der Waals surface area contributed by atoms with Crippen molar-refractivity contribution in [2.75, 3.05) is 20.1 Å². The molecule has 28 heavy (non-hydrogen) atoms. The second-order valence-electron chi connectivity index (χ2n) is 6.57. The highest BCUT2D eigenvalue weighted by Crippen LogP contribution is 2.26. The number of nitrogens with two attached hydrogens (primary N) is 1. The number of carbonyl (C=O) groups excluding carboxylic acids is 1. The molecular formula is C21H22F2N4O. The number of carbonyl (C=O) groups is 1.